The summed E-state index contributed by atoms with van der Waals surface area (Å²) in [6.07, 6.45) is 0. The van der Waals surface area contributed by atoms with Gasteiger partial charge < -0.3 is 16.6 Å². The maximum Gasteiger partial charge on any atom is 0.296 e. The van der Waals surface area contributed by atoms with E-state index in [2.05, 4.69) is 19.7 Å². The van der Waals surface area contributed by atoms with Crippen molar-refractivity contribution in [3.05, 3.63) is 65.0 Å². The van der Waals surface area contributed by atoms with Crippen molar-refractivity contribution in [1.29, 1.82) is 0 Å². The Hall–Kier alpha value is -3.93. The Kier molecular flexibility index (Phi) is 4.96. The number of aromatic nitrogens is 2. The fourth-order valence-electron chi connectivity index (χ4n) is 2.25. The summed E-state index contributed by atoms with van der Waals surface area (Å²) in [5.41, 5.74) is 10.0. The number of hydrogen-bond donors (Lipinski definition) is 4. The van der Waals surface area contributed by atoms with Crippen LogP contribution >= 0.6 is 0 Å². The van der Waals surface area contributed by atoms with E-state index in [4.69, 9.17) is 11.5 Å². The van der Waals surface area contributed by atoms with Crippen LogP contribution in [0.15, 0.2) is 78.9 Å². The molecular formula is C16H15N7O4S. The molecule has 6 N–H and O–H groups in total. The number of hydrogen-bond acceptors (Lipinski definition) is 6. The highest BCUT2D eigenvalue weighted by Crippen LogP contribution is 2.27. The van der Waals surface area contributed by atoms with Gasteiger partial charge >= 0.3 is 0 Å². The number of H-pyrrole nitrogens is 1. The Bertz CT molecular complexity index is 1210. The first-order chi connectivity index (χ1) is 13.3. The number of benzene rings is 2. The number of aromatic amines is 1. The molecule has 11 nitrogen and oxygen atoms in total. The summed E-state index contributed by atoms with van der Waals surface area (Å²) in [5, 5.41) is 20.3. The van der Waals surface area contributed by atoms with Gasteiger partial charge in [0, 0.05) is 0 Å². The van der Waals surface area contributed by atoms with Crippen molar-refractivity contribution in [2.45, 2.75) is 4.90 Å². The Morgan fingerprint density at radius 2 is 1.64 bits per heavy atom. The van der Waals surface area contributed by atoms with Gasteiger partial charge in [0.25, 0.3) is 15.6 Å². The second kappa shape index (κ2) is 7.36. The van der Waals surface area contributed by atoms with Crippen molar-refractivity contribution in [2.75, 3.05) is 0 Å². The van der Waals surface area contributed by atoms with Crippen LogP contribution in [0.2, 0.25) is 0 Å². The van der Waals surface area contributed by atoms with Crippen LogP contribution in [-0.2, 0) is 10.0 Å². The molecule has 1 aromatic heterocycles. The minimum absolute atomic E-state index is 0.143. The van der Waals surface area contributed by atoms with Crippen molar-refractivity contribution >= 4 is 27.4 Å². The molecule has 0 saturated carbocycles. The predicted molar refractivity (Wildman–Crippen MR) is 102 cm³/mol. The fraction of sp³-hybridized carbons (Fsp3) is 0. The maximum absolute atomic E-state index is 12.0. The second-order valence-corrected chi connectivity index (χ2v) is 7.07. The van der Waals surface area contributed by atoms with E-state index in [1.807, 2.05) is 0 Å². The third kappa shape index (κ3) is 3.91. The molecule has 0 aliphatic heterocycles. The minimum Gasteiger partial charge on any atom is -0.492 e. The van der Waals surface area contributed by atoms with Crippen LogP contribution < -0.4 is 17.0 Å². The first-order valence-corrected chi connectivity index (χ1v) is 9.19. The summed E-state index contributed by atoms with van der Waals surface area (Å²) in [4.78, 5) is 11.9. The van der Waals surface area contributed by atoms with Crippen molar-refractivity contribution < 1.29 is 13.5 Å². The lowest BCUT2D eigenvalue weighted by Crippen LogP contribution is -2.24. The summed E-state index contributed by atoms with van der Waals surface area (Å²) >= 11 is 0. The van der Waals surface area contributed by atoms with Gasteiger partial charge in [-0.3, -0.25) is 9.89 Å². The second-order valence-electron chi connectivity index (χ2n) is 5.47. The van der Waals surface area contributed by atoms with E-state index in [0.29, 0.717) is 5.69 Å². The molecule has 0 aliphatic carbocycles. The number of rotatable bonds is 5. The average molecular weight is 401 g/mol. The fourth-order valence-corrected chi connectivity index (χ4v) is 3.12. The summed E-state index contributed by atoms with van der Waals surface area (Å²) in [7, 11) is -4.02. The molecule has 0 atom stereocenters. The quantitative estimate of drug-likeness (QED) is 0.283. The highest BCUT2D eigenvalue weighted by molar-refractivity contribution is 7.90. The lowest BCUT2D eigenvalue weighted by molar-refractivity contribution is 0.434. The number of guanidine groups is 1. The first-order valence-electron chi connectivity index (χ1n) is 7.75. The highest BCUT2D eigenvalue weighted by Gasteiger charge is 2.15. The third-order valence-corrected chi connectivity index (χ3v) is 4.81. The molecule has 0 radical (unpaired) electrons. The Morgan fingerprint density at radius 1 is 1.00 bits per heavy atom. The number of sulfonamides is 1. The van der Waals surface area contributed by atoms with Crippen LogP contribution in [0.25, 0.3) is 5.69 Å². The smallest absolute Gasteiger partial charge is 0.296 e. The van der Waals surface area contributed by atoms with Gasteiger partial charge in [0.05, 0.1) is 16.3 Å². The molecule has 0 saturated heterocycles. The number of para-hydroxylation sites is 1. The zero-order valence-corrected chi connectivity index (χ0v) is 15.0. The average Bonchev–Trinajstić information content (AvgIpc) is 2.94. The minimum atomic E-state index is -4.02. The Balaban J connectivity index is 1.88. The number of nitrogens with zero attached hydrogens (tertiary/aromatic N) is 4. The van der Waals surface area contributed by atoms with E-state index in [1.165, 1.54) is 28.9 Å². The van der Waals surface area contributed by atoms with Gasteiger partial charge in [-0.25, -0.2) is 4.68 Å². The zero-order chi connectivity index (χ0) is 20.3. The predicted octanol–water partition coefficient (Wildman–Crippen LogP) is 1.25. The van der Waals surface area contributed by atoms with Gasteiger partial charge in [0.1, 0.15) is 0 Å². The van der Waals surface area contributed by atoms with E-state index in [9.17, 15) is 18.3 Å². The number of nitrogens with two attached hydrogens (primary N) is 2. The molecule has 0 bridgehead atoms. The van der Waals surface area contributed by atoms with Crippen LogP contribution in [-0.4, -0.2) is 29.3 Å². The van der Waals surface area contributed by atoms with Gasteiger partial charge in [-0.05, 0) is 36.4 Å². The first kappa shape index (κ1) is 18.8. The van der Waals surface area contributed by atoms with Crippen LogP contribution in [0.3, 0.4) is 0 Å². The largest absolute Gasteiger partial charge is 0.492 e. The molecular weight excluding hydrogens is 386 g/mol. The molecule has 0 fully saturated rings. The third-order valence-electron chi connectivity index (χ3n) is 3.49. The van der Waals surface area contributed by atoms with Crippen LogP contribution in [0, 0.1) is 0 Å². The summed E-state index contributed by atoms with van der Waals surface area (Å²) in [6.45, 7) is 0. The molecule has 1 heterocycles. The molecule has 12 heteroatoms. The van der Waals surface area contributed by atoms with Gasteiger partial charge in [-0.1, -0.05) is 18.2 Å². The van der Waals surface area contributed by atoms with Crippen molar-refractivity contribution in [2.24, 2.45) is 26.1 Å². The SMILES string of the molecule is NC(N)=NS(=O)(=O)c1ccc(N=Nc2c(O)n(-c3ccccc3)[nH]c2=O)cc1. The van der Waals surface area contributed by atoms with E-state index in [0.717, 1.165) is 0 Å². The molecule has 28 heavy (non-hydrogen) atoms. The van der Waals surface area contributed by atoms with Gasteiger partial charge in [-0.2, -0.15) is 13.5 Å². The Morgan fingerprint density at radius 3 is 2.25 bits per heavy atom. The molecule has 144 valence electrons. The van der Waals surface area contributed by atoms with E-state index >= 15 is 0 Å². The lowest BCUT2D eigenvalue weighted by atomic mass is 10.3. The van der Waals surface area contributed by atoms with Crippen LogP contribution in [0.1, 0.15) is 0 Å². The van der Waals surface area contributed by atoms with Crippen LogP contribution in [0.4, 0.5) is 11.4 Å². The van der Waals surface area contributed by atoms with Gasteiger partial charge in [0.2, 0.25) is 17.5 Å². The highest BCUT2D eigenvalue weighted by atomic mass is 32.2. The summed E-state index contributed by atoms with van der Waals surface area (Å²) in [6, 6.07) is 13.8. The Labute approximate surface area is 158 Å². The molecule has 3 rings (SSSR count). The van der Waals surface area contributed by atoms with Crippen LogP contribution in [0.5, 0.6) is 5.88 Å². The van der Waals surface area contributed by atoms with Gasteiger partial charge in [-0.15, -0.1) is 9.51 Å². The molecule has 0 spiro atoms. The maximum atomic E-state index is 12.0. The monoisotopic (exact) mass is 401 g/mol. The molecule has 0 aliphatic rings. The van der Waals surface area contributed by atoms with Crippen molar-refractivity contribution in [1.82, 2.24) is 9.78 Å². The molecule has 2 aromatic carbocycles. The molecule has 0 amide bonds. The van der Waals surface area contributed by atoms with Crippen molar-refractivity contribution in [3.8, 4) is 11.6 Å². The van der Waals surface area contributed by atoms with E-state index in [1.54, 1.807) is 30.3 Å². The number of azo groups is 1. The summed E-state index contributed by atoms with van der Waals surface area (Å²) in [5.74, 6) is -0.992. The lowest BCUT2D eigenvalue weighted by Gasteiger charge is -2.02. The molecule has 3 aromatic rings. The summed E-state index contributed by atoms with van der Waals surface area (Å²) < 4.78 is 28.1. The topological polar surface area (TPSA) is 181 Å². The molecule has 0 unspecified atom stereocenters. The van der Waals surface area contributed by atoms with E-state index in [-0.39, 0.29) is 16.3 Å². The number of nitrogens with one attached hydrogen (secondary N) is 1. The van der Waals surface area contributed by atoms with Crippen molar-refractivity contribution in [3.63, 3.8) is 0 Å². The van der Waals surface area contributed by atoms with E-state index < -0.39 is 27.4 Å². The standard InChI is InChI=1S/C16H15N7O4S/c17-16(18)22-28(26,27)12-8-6-10(7-9-12)19-20-13-14(24)21-23(15(13)25)11-4-2-1-3-5-11/h1-9,25H,(H,21,24)(H4,17,18,22). The number of aromatic hydroxyl groups is 1. The zero-order valence-electron chi connectivity index (χ0n) is 14.2. The normalized spacial score (nSPS) is 11.6. The van der Waals surface area contributed by atoms with Gasteiger partial charge in [0.15, 0.2) is 0 Å².